The molecule has 1 aromatic carbocycles. The van der Waals surface area contributed by atoms with Crippen LogP contribution in [0.2, 0.25) is 5.02 Å². The van der Waals surface area contributed by atoms with Crippen LogP contribution in [-0.4, -0.2) is 30.9 Å². The summed E-state index contributed by atoms with van der Waals surface area (Å²) >= 11 is 9.32. The number of nitrogens with zero attached hydrogens (tertiary/aromatic N) is 2. The van der Waals surface area contributed by atoms with Crippen molar-refractivity contribution >= 4 is 63.0 Å². The fourth-order valence-corrected chi connectivity index (χ4v) is 3.89. The van der Waals surface area contributed by atoms with Gasteiger partial charge in [-0.2, -0.15) is 0 Å². The molecule has 0 aliphatic carbocycles. The summed E-state index contributed by atoms with van der Waals surface area (Å²) in [5.74, 6) is -0.488. The molecule has 0 radical (unpaired) electrons. The maximum Gasteiger partial charge on any atom is 0.335 e. The number of carbonyl (C=O) groups is 3. The summed E-state index contributed by atoms with van der Waals surface area (Å²) in [6.45, 7) is 1.78. The summed E-state index contributed by atoms with van der Waals surface area (Å²) in [4.78, 5) is 40.3. The second-order valence-corrected chi connectivity index (χ2v) is 7.72. The number of anilines is 2. The van der Waals surface area contributed by atoms with Gasteiger partial charge in [-0.05, 0) is 59.1 Å². The van der Waals surface area contributed by atoms with Gasteiger partial charge >= 0.3 is 6.03 Å². The highest BCUT2D eigenvalue weighted by atomic mass is 79.9. The fourth-order valence-electron chi connectivity index (χ4n) is 3.21. The number of halogens is 2. The van der Waals surface area contributed by atoms with Crippen LogP contribution in [0, 0.1) is 0 Å². The van der Waals surface area contributed by atoms with Gasteiger partial charge in [-0.15, -0.1) is 0 Å². The number of hydrogen-bond acceptors (Lipinski definition) is 5. The van der Waals surface area contributed by atoms with Crippen LogP contribution in [0.5, 0.6) is 0 Å². The highest BCUT2D eigenvalue weighted by molar-refractivity contribution is 9.10. The van der Waals surface area contributed by atoms with E-state index in [0.717, 1.165) is 35.3 Å². The second kappa shape index (κ2) is 7.44. The average molecular weight is 465 g/mol. The average Bonchev–Trinajstić information content (AvgIpc) is 3.29. The molecule has 0 saturated carbocycles. The molecule has 2 aromatic rings. The Balaban J connectivity index is 1.67. The zero-order valence-electron chi connectivity index (χ0n) is 14.6. The predicted octanol–water partition coefficient (Wildman–Crippen LogP) is 3.96. The maximum absolute atomic E-state index is 12.9. The second-order valence-electron chi connectivity index (χ2n) is 6.43. The number of hydrogen-bond donors (Lipinski definition) is 1. The standard InChI is InChI=1S/C19H15BrClN3O4/c20-15-10-13(28-18(15)23-7-1-2-8-23)9-14-16(25)22-19(27)24(17(14)26)12-5-3-11(21)4-6-12/h3-6,9-10H,1-2,7-8H2,(H,22,25,27)/b14-9+. The van der Waals surface area contributed by atoms with Gasteiger partial charge in [-0.1, -0.05) is 11.6 Å². The zero-order valence-corrected chi connectivity index (χ0v) is 16.9. The third-order valence-corrected chi connectivity index (χ3v) is 5.37. The molecule has 4 rings (SSSR count). The van der Waals surface area contributed by atoms with Gasteiger partial charge in [-0.3, -0.25) is 14.9 Å². The maximum atomic E-state index is 12.9. The summed E-state index contributed by atoms with van der Waals surface area (Å²) in [6.07, 6.45) is 3.52. The molecule has 28 heavy (non-hydrogen) atoms. The largest absolute Gasteiger partial charge is 0.440 e. The van der Waals surface area contributed by atoms with Gasteiger partial charge in [-0.25, -0.2) is 9.69 Å². The number of furan rings is 1. The summed E-state index contributed by atoms with van der Waals surface area (Å²) in [5.41, 5.74) is 0.118. The molecule has 7 nitrogen and oxygen atoms in total. The van der Waals surface area contributed by atoms with Crippen LogP contribution in [0.4, 0.5) is 16.4 Å². The molecule has 9 heteroatoms. The van der Waals surface area contributed by atoms with E-state index >= 15 is 0 Å². The first-order valence-corrected chi connectivity index (χ1v) is 9.82. The molecule has 2 aliphatic rings. The minimum Gasteiger partial charge on any atom is -0.440 e. The highest BCUT2D eigenvalue weighted by Gasteiger charge is 2.37. The first-order chi connectivity index (χ1) is 13.4. The van der Waals surface area contributed by atoms with Gasteiger partial charge < -0.3 is 9.32 Å². The smallest absolute Gasteiger partial charge is 0.335 e. The van der Waals surface area contributed by atoms with E-state index in [2.05, 4.69) is 26.1 Å². The number of nitrogens with one attached hydrogen (secondary N) is 1. The number of benzene rings is 1. The first-order valence-electron chi connectivity index (χ1n) is 8.65. The van der Waals surface area contributed by atoms with Gasteiger partial charge in [0.2, 0.25) is 5.88 Å². The summed E-state index contributed by atoms with van der Waals surface area (Å²) < 4.78 is 6.58. The van der Waals surface area contributed by atoms with E-state index < -0.39 is 17.8 Å². The van der Waals surface area contributed by atoms with Gasteiger partial charge in [0, 0.05) is 24.2 Å². The SMILES string of the molecule is O=C1NC(=O)N(c2ccc(Cl)cc2)C(=O)/C1=C/c1cc(Br)c(N2CCCC2)o1. The van der Waals surface area contributed by atoms with Crippen molar-refractivity contribution in [1.82, 2.24) is 5.32 Å². The molecule has 0 atom stereocenters. The van der Waals surface area contributed by atoms with Gasteiger partial charge in [0.25, 0.3) is 11.8 Å². The summed E-state index contributed by atoms with van der Waals surface area (Å²) in [5, 5.41) is 2.65. The van der Waals surface area contributed by atoms with Gasteiger partial charge in [0.05, 0.1) is 10.2 Å². The summed E-state index contributed by atoms with van der Waals surface area (Å²) in [6, 6.07) is 7.06. The predicted molar refractivity (Wildman–Crippen MR) is 108 cm³/mol. The van der Waals surface area contributed by atoms with Crippen molar-refractivity contribution < 1.29 is 18.8 Å². The number of amides is 4. The summed E-state index contributed by atoms with van der Waals surface area (Å²) in [7, 11) is 0. The Morgan fingerprint density at radius 1 is 1.11 bits per heavy atom. The molecule has 3 heterocycles. The normalized spacial score (nSPS) is 18.9. The van der Waals surface area contributed by atoms with Crippen molar-refractivity contribution in [2.45, 2.75) is 12.8 Å². The molecule has 1 aromatic heterocycles. The lowest BCUT2D eigenvalue weighted by molar-refractivity contribution is -0.122. The lowest BCUT2D eigenvalue weighted by Crippen LogP contribution is -2.54. The molecule has 1 N–H and O–H groups in total. The van der Waals surface area contributed by atoms with Crippen LogP contribution in [0.3, 0.4) is 0 Å². The number of rotatable bonds is 3. The zero-order chi connectivity index (χ0) is 19.8. The van der Waals surface area contributed by atoms with E-state index in [4.69, 9.17) is 16.0 Å². The van der Waals surface area contributed by atoms with E-state index in [9.17, 15) is 14.4 Å². The Hall–Kier alpha value is -2.58. The van der Waals surface area contributed by atoms with Crippen LogP contribution in [0.15, 0.2) is 44.8 Å². The van der Waals surface area contributed by atoms with Crippen molar-refractivity contribution in [1.29, 1.82) is 0 Å². The molecule has 0 spiro atoms. The van der Waals surface area contributed by atoms with Crippen molar-refractivity contribution in [2.75, 3.05) is 22.9 Å². The first kappa shape index (κ1) is 18.8. The van der Waals surface area contributed by atoms with Crippen molar-refractivity contribution in [3.8, 4) is 0 Å². The van der Waals surface area contributed by atoms with E-state index in [1.807, 2.05) is 0 Å². The lowest BCUT2D eigenvalue weighted by Gasteiger charge is -2.26. The van der Waals surface area contributed by atoms with Crippen molar-refractivity contribution in [2.24, 2.45) is 0 Å². The van der Waals surface area contributed by atoms with E-state index in [1.54, 1.807) is 18.2 Å². The van der Waals surface area contributed by atoms with E-state index in [0.29, 0.717) is 22.4 Å². The quantitative estimate of drug-likeness (QED) is 0.549. The molecular weight excluding hydrogens is 450 g/mol. The molecule has 2 fully saturated rings. The van der Waals surface area contributed by atoms with E-state index in [1.165, 1.54) is 18.2 Å². The highest BCUT2D eigenvalue weighted by Crippen LogP contribution is 2.34. The third-order valence-electron chi connectivity index (χ3n) is 4.55. The number of barbiturate groups is 1. The topological polar surface area (TPSA) is 82.9 Å². The molecule has 0 unspecified atom stereocenters. The number of carbonyl (C=O) groups excluding carboxylic acids is 3. The molecular formula is C19H15BrClN3O4. The van der Waals surface area contributed by atoms with Crippen LogP contribution in [0.1, 0.15) is 18.6 Å². The van der Waals surface area contributed by atoms with Crippen LogP contribution in [0.25, 0.3) is 6.08 Å². The number of urea groups is 1. The molecule has 144 valence electrons. The number of imide groups is 2. The van der Waals surface area contributed by atoms with Crippen molar-refractivity contribution in [3.05, 3.63) is 51.2 Å². The molecule has 4 amide bonds. The van der Waals surface area contributed by atoms with E-state index in [-0.39, 0.29) is 5.57 Å². The Morgan fingerprint density at radius 2 is 1.79 bits per heavy atom. The Labute approximate surface area is 174 Å². The Morgan fingerprint density at radius 3 is 2.46 bits per heavy atom. The fraction of sp³-hybridized carbons (Fsp3) is 0.211. The monoisotopic (exact) mass is 463 g/mol. The van der Waals surface area contributed by atoms with Crippen LogP contribution in [-0.2, 0) is 9.59 Å². The minimum atomic E-state index is -0.812. The van der Waals surface area contributed by atoms with Gasteiger partial charge in [0.1, 0.15) is 11.3 Å². The van der Waals surface area contributed by atoms with Crippen LogP contribution < -0.4 is 15.1 Å². The molecule has 0 bridgehead atoms. The molecule has 2 aliphatic heterocycles. The Kier molecular flexibility index (Phi) is 4.99. The minimum absolute atomic E-state index is 0.191. The van der Waals surface area contributed by atoms with Crippen LogP contribution >= 0.6 is 27.5 Å². The van der Waals surface area contributed by atoms with Gasteiger partial charge in [0.15, 0.2) is 0 Å². The van der Waals surface area contributed by atoms with Crippen molar-refractivity contribution in [3.63, 3.8) is 0 Å². The Bertz CT molecular complexity index is 993. The third kappa shape index (κ3) is 3.45. The lowest BCUT2D eigenvalue weighted by atomic mass is 10.1. The molecule has 2 saturated heterocycles.